The molecule has 0 saturated heterocycles. The highest BCUT2D eigenvalue weighted by atomic mass is 16.5. The standard InChI is InChI=1S/C17H23N3O3/c1-18-12-4-6-13(7-5-12)20-10-11-8-14(17(21)23-3)16(22-2)9-15(11)19-20/h8-10,12-13,18H,4-7H2,1-3H3/t12-,13-. The van der Waals surface area contributed by atoms with E-state index in [4.69, 9.17) is 9.47 Å². The highest BCUT2D eigenvalue weighted by Gasteiger charge is 2.23. The van der Waals surface area contributed by atoms with Gasteiger partial charge in [-0.15, -0.1) is 0 Å². The number of nitrogens with one attached hydrogen (secondary N) is 1. The molecule has 6 heteroatoms. The summed E-state index contributed by atoms with van der Waals surface area (Å²) in [4.78, 5) is 11.9. The lowest BCUT2D eigenvalue weighted by molar-refractivity contribution is 0.0597. The lowest BCUT2D eigenvalue weighted by Gasteiger charge is -2.28. The van der Waals surface area contributed by atoms with Crippen LogP contribution < -0.4 is 10.1 Å². The minimum absolute atomic E-state index is 0.397. The number of nitrogens with zero attached hydrogens (tertiary/aromatic N) is 2. The molecular weight excluding hydrogens is 294 g/mol. The van der Waals surface area contributed by atoms with Gasteiger partial charge < -0.3 is 14.8 Å². The molecule has 124 valence electrons. The van der Waals surface area contributed by atoms with Crippen LogP contribution in [0.5, 0.6) is 5.75 Å². The van der Waals surface area contributed by atoms with Crippen molar-refractivity contribution in [2.75, 3.05) is 21.3 Å². The van der Waals surface area contributed by atoms with E-state index in [1.165, 1.54) is 7.11 Å². The Balaban J connectivity index is 1.91. The maximum absolute atomic E-state index is 11.9. The van der Waals surface area contributed by atoms with Crippen LogP contribution in [0.25, 0.3) is 10.9 Å². The van der Waals surface area contributed by atoms with Gasteiger partial charge in [0.2, 0.25) is 0 Å². The normalized spacial score (nSPS) is 21.3. The van der Waals surface area contributed by atoms with Crippen molar-refractivity contribution < 1.29 is 14.3 Å². The summed E-state index contributed by atoms with van der Waals surface area (Å²) in [5.74, 6) is 0.0968. The molecule has 0 spiro atoms. The number of esters is 1. The molecule has 1 aromatic heterocycles. The van der Waals surface area contributed by atoms with Crippen molar-refractivity contribution in [2.24, 2.45) is 0 Å². The highest BCUT2D eigenvalue weighted by molar-refractivity contribution is 5.97. The summed E-state index contributed by atoms with van der Waals surface area (Å²) in [6, 6.07) is 4.63. The summed E-state index contributed by atoms with van der Waals surface area (Å²) >= 11 is 0. The number of carbonyl (C=O) groups excluding carboxylic acids is 1. The second-order valence-electron chi connectivity index (χ2n) is 6.01. The van der Waals surface area contributed by atoms with E-state index in [0.29, 0.717) is 23.4 Å². The van der Waals surface area contributed by atoms with Crippen LogP contribution >= 0.6 is 0 Å². The molecule has 6 nitrogen and oxygen atoms in total. The van der Waals surface area contributed by atoms with E-state index in [1.807, 2.05) is 17.9 Å². The van der Waals surface area contributed by atoms with Gasteiger partial charge in [0.05, 0.1) is 25.8 Å². The zero-order chi connectivity index (χ0) is 16.4. The summed E-state index contributed by atoms with van der Waals surface area (Å²) < 4.78 is 12.2. The third-order valence-corrected chi connectivity index (χ3v) is 4.73. The third kappa shape index (κ3) is 3.03. The molecule has 1 aliphatic rings. The van der Waals surface area contributed by atoms with Crippen molar-refractivity contribution in [1.29, 1.82) is 0 Å². The van der Waals surface area contributed by atoms with Gasteiger partial charge in [-0.25, -0.2) is 4.79 Å². The van der Waals surface area contributed by atoms with Gasteiger partial charge in [0.25, 0.3) is 0 Å². The molecule has 1 aliphatic carbocycles. The van der Waals surface area contributed by atoms with Crippen molar-refractivity contribution >= 4 is 16.9 Å². The predicted molar refractivity (Wildman–Crippen MR) is 88.0 cm³/mol. The first-order valence-corrected chi connectivity index (χ1v) is 7.98. The number of aromatic nitrogens is 2. The lowest BCUT2D eigenvalue weighted by Crippen LogP contribution is -2.31. The molecule has 0 atom stereocenters. The first-order valence-electron chi connectivity index (χ1n) is 7.98. The van der Waals surface area contributed by atoms with Crippen molar-refractivity contribution in [3.8, 4) is 5.75 Å². The van der Waals surface area contributed by atoms with E-state index in [1.54, 1.807) is 19.2 Å². The maximum Gasteiger partial charge on any atom is 0.341 e. The summed E-state index contributed by atoms with van der Waals surface area (Å²) in [6.45, 7) is 0. The maximum atomic E-state index is 11.9. The number of ether oxygens (including phenoxy) is 2. The number of carbonyl (C=O) groups is 1. The second kappa shape index (κ2) is 6.58. The van der Waals surface area contributed by atoms with Gasteiger partial charge in [0.1, 0.15) is 11.3 Å². The quantitative estimate of drug-likeness (QED) is 0.878. The molecule has 1 fully saturated rings. The van der Waals surface area contributed by atoms with E-state index < -0.39 is 5.97 Å². The molecule has 0 bridgehead atoms. The smallest absolute Gasteiger partial charge is 0.341 e. The molecular formula is C17H23N3O3. The Morgan fingerprint density at radius 1 is 1.26 bits per heavy atom. The fourth-order valence-corrected chi connectivity index (χ4v) is 3.33. The third-order valence-electron chi connectivity index (χ3n) is 4.73. The molecule has 0 aliphatic heterocycles. The van der Waals surface area contributed by atoms with Gasteiger partial charge in [0.15, 0.2) is 0 Å². The van der Waals surface area contributed by atoms with Gasteiger partial charge in [-0.2, -0.15) is 5.10 Å². The molecule has 23 heavy (non-hydrogen) atoms. The van der Waals surface area contributed by atoms with Crippen LogP contribution in [0.15, 0.2) is 18.3 Å². The average Bonchev–Trinajstić information content (AvgIpc) is 3.02. The Kier molecular flexibility index (Phi) is 4.52. The second-order valence-corrected chi connectivity index (χ2v) is 6.01. The Morgan fingerprint density at radius 2 is 2.00 bits per heavy atom. The van der Waals surface area contributed by atoms with Crippen LogP contribution in [0.4, 0.5) is 0 Å². The molecule has 3 rings (SSSR count). The van der Waals surface area contributed by atoms with Crippen LogP contribution in [0.3, 0.4) is 0 Å². The van der Waals surface area contributed by atoms with Gasteiger partial charge in [-0.05, 0) is 38.8 Å². The fraction of sp³-hybridized carbons (Fsp3) is 0.529. The van der Waals surface area contributed by atoms with E-state index >= 15 is 0 Å². The van der Waals surface area contributed by atoms with Crippen molar-refractivity contribution in [1.82, 2.24) is 15.1 Å². The van der Waals surface area contributed by atoms with Crippen LogP contribution in [0, 0.1) is 0 Å². The van der Waals surface area contributed by atoms with Crippen LogP contribution in [0.2, 0.25) is 0 Å². The first kappa shape index (κ1) is 15.8. The Hall–Kier alpha value is -2.08. The minimum Gasteiger partial charge on any atom is -0.496 e. The molecule has 1 heterocycles. The number of hydrogen-bond donors (Lipinski definition) is 1. The number of rotatable bonds is 4. The van der Waals surface area contributed by atoms with Crippen molar-refractivity contribution in [2.45, 2.75) is 37.8 Å². The lowest BCUT2D eigenvalue weighted by atomic mass is 9.91. The molecule has 2 aromatic rings. The topological polar surface area (TPSA) is 65.4 Å². The SMILES string of the molecule is CN[C@H]1CC[C@H](n2cc3cc(C(=O)OC)c(OC)cc3n2)CC1. The van der Waals surface area contributed by atoms with Crippen LogP contribution in [-0.4, -0.2) is 43.1 Å². The molecule has 0 amide bonds. The number of hydrogen-bond acceptors (Lipinski definition) is 5. The van der Waals surface area contributed by atoms with Gasteiger partial charge in [-0.3, -0.25) is 4.68 Å². The Labute approximate surface area is 135 Å². The predicted octanol–water partition coefficient (Wildman–Crippen LogP) is 2.53. The molecule has 0 unspecified atom stereocenters. The van der Waals surface area contributed by atoms with Gasteiger partial charge in [-0.1, -0.05) is 0 Å². The Morgan fingerprint density at radius 3 is 2.61 bits per heavy atom. The summed E-state index contributed by atoms with van der Waals surface area (Å²) in [5, 5.41) is 8.96. The monoisotopic (exact) mass is 317 g/mol. The Bertz CT molecular complexity index is 702. The van der Waals surface area contributed by atoms with E-state index in [0.717, 1.165) is 36.6 Å². The molecule has 1 N–H and O–H groups in total. The van der Waals surface area contributed by atoms with Crippen LogP contribution in [0.1, 0.15) is 42.1 Å². The molecule has 0 radical (unpaired) electrons. The van der Waals surface area contributed by atoms with Crippen LogP contribution in [-0.2, 0) is 4.74 Å². The summed E-state index contributed by atoms with van der Waals surface area (Å²) in [5.41, 5.74) is 1.27. The number of benzene rings is 1. The van der Waals surface area contributed by atoms with Gasteiger partial charge in [0, 0.05) is 23.7 Å². The molecule has 1 aromatic carbocycles. The zero-order valence-electron chi connectivity index (χ0n) is 13.8. The van der Waals surface area contributed by atoms with Gasteiger partial charge >= 0.3 is 5.97 Å². The summed E-state index contributed by atoms with van der Waals surface area (Å²) in [6.07, 6.45) is 6.56. The largest absolute Gasteiger partial charge is 0.496 e. The minimum atomic E-state index is -0.397. The van der Waals surface area contributed by atoms with E-state index in [9.17, 15) is 4.79 Å². The summed E-state index contributed by atoms with van der Waals surface area (Å²) in [7, 11) is 4.94. The average molecular weight is 317 g/mol. The van der Waals surface area contributed by atoms with E-state index in [-0.39, 0.29) is 0 Å². The van der Waals surface area contributed by atoms with Crippen molar-refractivity contribution in [3.63, 3.8) is 0 Å². The number of methoxy groups -OCH3 is 2. The number of fused-ring (bicyclic) bond motifs is 1. The van der Waals surface area contributed by atoms with Crippen molar-refractivity contribution in [3.05, 3.63) is 23.9 Å². The van der Waals surface area contributed by atoms with E-state index in [2.05, 4.69) is 10.4 Å². The zero-order valence-corrected chi connectivity index (χ0v) is 13.8. The molecule has 1 saturated carbocycles. The fourth-order valence-electron chi connectivity index (χ4n) is 3.33. The highest BCUT2D eigenvalue weighted by Crippen LogP contribution is 2.31. The first-order chi connectivity index (χ1) is 11.2.